The fourth-order valence-corrected chi connectivity index (χ4v) is 5.10. The minimum Gasteiger partial charge on any atom is -0.325 e. The van der Waals surface area contributed by atoms with Crippen LogP contribution >= 0.6 is 11.6 Å². The topological polar surface area (TPSA) is 70.9 Å². The minimum atomic E-state index is -3.53. The standard InChI is InChI=1S/C22H28ClN3O3S/c1-22(2,3)17-8-10-18(11-9-17)30(28,29)26-14-12-25(13-15-26)16-21(27)24-20-7-5-4-6-19(20)23/h4-11H,12-16H2,1-3H3,(H,24,27)/p+1. The van der Waals surface area contributed by atoms with E-state index in [1.807, 2.05) is 18.2 Å². The number of quaternary nitrogens is 1. The number of amides is 1. The third-order valence-corrected chi connectivity index (χ3v) is 7.59. The Kier molecular flexibility index (Phi) is 6.87. The van der Waals surface area contributed by atoms with Gasteiger partial charge in [-0.15, -0.1) is 0 Å². The van der Waals surface area contributed by atoms with Crippen molar-refractivity contribution in [2.75, 3.05) is 38.0 Å². The molecular formula is C22H29ClN3O3S+. The maximum Gasteiger partial charge on any atom is 0.279 e. The van der Waals surface area contributed by atoms with Gasteiger partial charge < -0.3 is 10.2 Å². The molecule has 1 aliphatic heterocycles. The number of carbonyl (C=O) groups excluding carboxylic acids is 1. The normalized spacial score (nSPS) is 16.4. The molecule has 0 bridgehead atoms. The molecular weight excluding hydrogens is 422 g/mol. The molecule has 3 rings (SSSR count). The van der Waals surface area contributed by atoms with Crippen LogP contribution in [0.5, 0.6) is 0 Å². The first-order valence-corrected chi connectivity index (χ1v) is 11.9. The number of hydrogen-bond acceptors (Lipinski definition) is 3. The molecule has 1 amide bonds. The van der Waals surface area contributed by atoms with Gasteiger partial charge in [-0.1, -0.05) is 56.6 Å². The summed E-state index contributed by atoms with van der Waals surface area (Å²) in [6, 6.07) is 14.2. The maximum absolute atomic E-state index is 13.0. The van der Waals surface area contributed by atoms with Gasteiger partial charge in [-0.25, -0.2) is 8.42 Å². The van der Waals surface area contributed by atoms with E-state index in [1.165, 1.54) is 4.31 Å². The molecule has 0 spiro atoms. The Morgan fingerprint density at radius 3 is 2.23 bits per heavy atom. The van der Waals surface area contributed by atoms with E-state index in [0.29, 0.717) is 41.8 Å². The summed E-state index contributed by atoms with van der Waals surface area (Å²) in [6.45, 7) is 8.50. The average molecular weight is 451 g/mol. The van der Waals surface area contributed by atoms with Crippen LogP contribution in [0.2, 0.25) is 5.02 Å². The molecule has 2 aromatic carbocycles. The van der Waals surface area contributed by atoms with Crippen molar-refractivity contribution in [3.63, 3.8) is 0 Å². The summed E-state index contributed by atoms with van der Waals surface area (Å²) in [5.41, 5.74) is 1.66. The first kappa shape index (κ1) is 22.7. The lowest BCUT2D eigenvalue weighted by Crippen LogP contribution is -3.15. The first-order chi connectivity index (χ1) is 14.1. The summed E-state index contributed by atoms with van der Waals surface area (Å²) in [5, 5.41) is 3.31. The molecule has 2 aromatic rings. The lowest BCUT2D eigenvalue weighted by Gasteiger charge is -2.31. The van der Waals surface area contributed by atoms with E-state index < -0.39 is 10.0 Å². The summed E-state index contributed by atoms with van der Waals surface area (Å²) in [5.74, 6) is -0.132. The Bertz CT molecular complexity index is 993. The van der Waals surface area contributed by atoms with E-state index in [9.17, 15) is 13.2 Å². The number of rotatable bonds is 5. The number of benzene rings is 2. The fraction of sp³-hybridized carbons (Fsp3) is 0.409. The number of nitrogens with one attached hydrogen (secondary N) is 2. The average Bonchev–Trinajstić information content (AvgIpc) is 2.69. The van der Waals surface area contributed by atoms with Gasteiger partial charge in [0.25, 0.3) is 5.91 Å². The predicted octanol–water partition coefficient (Wildman–Crippen LogP) is 2.17. The summed E-state index contributed by atoms with van der Waals surface area (Å²) in [7, 11) is -3.53. The van der Waals surface area contributed by atoms with Crippen molar-refractivity contribution in [1.29, 1.82) is 0 Å². The van der Waals surface area contributed by atoms with Crippen LogP contribution in [0.1, 0.15) is 26.3 Å². The molecule has 0 aliphatic carbocycles. The van der Waals surface area contributed by atoms with Gasteiger partial charge in [0.15, 0.2) is 6.54 Å². The van der Waals surface area contributed by atoms with E-state index in [2.05, 4.69) is 26.1 Å². The zero-order valence-corrected chi connectivity index (χ0v) is 19.2. The molecule has 0 radical (unpaired) electrons. The second-order valence-electron chi connectivity index (χ2n) is 8.63. The van der Waals surface area contributed by atoms with E-state index >= 15 is 0 Å². The third kappa shape index (κ3) is 5.40. The zero-order valence-electron chi connectivity index (χ0n) is 17.6. The Labute approximate surface area is 183 Å². The lowest BCUT2D eigenvalue weighted by molar-refractivity contribution is -0.895. The highest BCUT2D eigenvalue weighted by Gasteiger charge is 2.31. The largest absolute Gasteiger partial charge is 0.325 e. The molecule has 1 aliphatic rings. The highest BCUT2D eigenvalue weighted by atomic mass is 35.5. The Hall–Kier alpha value is -1.93. The molecule has 1 saturated heterocycles. The number of para-hydroxylation sites is 1. The molecule has 2 N–H and O–H groups in total. The number of halogens is 1. The first-order valence-electron chi connectivity index (χ1n) is 10.1. The van der Waals surface area contributed by atoms with Gasteiger partial charge in [-0.05, 0) is 35.2 Å². The number of carbonyl (C=O) groups is 1. The van der Waals surface area contributed by atoms with Crippen molar-refractivity contribution >= 4 is 33.2 Å². The van der Waals surface area contributed by atoms with Gasteiger partial charge in [-0.2, -0.15) is 4.31 Å². The molecule has 0 unspecified atom stereocenters. The van der Waals surface area contributed by atoms with Gasteiger partial charge in [0.1, 0.15) is 0 Å². The van der Waals surface area contributed by atoms with Gasteiger partial charge in [-0.3, -0.25) is 4.79 Å². The molecule has 162 valence electrons. The lowest BCUT2D eigenvalue weighted by atomic mass is 9.87. The van der Waals surface area contributed by atoms with Crippen molar-refractivity contribution in [2.45, 2.75) is 31.1 Å². The summed E-state index contributed by atoms with van der Waals surface area (Å²) in [6.07, 6.45) is 0. The second-order valence-corrected chi connectivity index (χ2v) is 11.0. The van der Waals surface area contributed by atoms with Crippen molar-refractivity contribution in [2.24, 2.45) is 0 Å². The van der Waals surface area contributed by atoms with Crippen molar-refractivity contribution in [1.82, 2.24) is 4.31 Å². The van der Waals surface area contributed by atoms with E-state index in [1.54, 1.807) is 30.3 Å². The second kappa shape index (κ2) is 9.06. The van der Waals surface area contributed by atoms with Crippen LogP contribution in [-0.4, -0.2) is 51.4 Å². The van der Waals surface area contributed by atoms with Crippen LogP contribution in [0.3, 0.4) is 0 Å². The summed E-state index contributed by atoms with van der Waals surface area (Å²) < 4.78 is 27.5. The van der Waals surface area contributed by atoms with Crippen molar-refractivity contribution in [3.8, 4) is 0 Å². The Morgan fingerprint density at radius 1 is 1.07 bits per heavy atom. The van der Waals surface area contributed by atoms with Crippen LogP contribution < -0.4 is 10.2 Å². The Balaban J connectivity index is 1.56. The smallest absolute Gasteiger partial charge is 0.279 e. The quantitative estimate of drug-likeness (QED) is 0.733. The van der Waals surface area contributed by atoms with Crippen molar-refractivity contribution in [3.05, 3.63) is 59.1 Å². The number of piperazine rings is 1. The van der Waals surface area contributed by atoms with Gasteiger partial charge in [0, 0.05) is 0 Å². The number of anilines is 1. The molecule has 6 nitrogen and oxygen atoms in total. The van der Waals surface area contributed by atoms with E-state index in [0.717, 1.165) is 10.5 Å². The predicted molar refractivity (Wildman–Crippen MR) is 120 cm³/mol. The van der Waals surface area contributed by atoms with Crippen LogP contribution in [0.25, 0.3) is 0 Å². The van der Waals surface area contributed by atoms with Crippen molar-refractivity contribution < 1.29 is 18.1 Å². The minimum absolute atomic E-state index is 0.0260. The van der Waals surface area contributed by atoms with Crippen LogP contribution in [0.15, 0.2) is 53.4 Å². The molecule has 8 heteroatoms. The highest BCUT2D eigenvalue weighted by Crippen LogP contribution is 2.24. The van der Waals surface area contributed by atoms with Crippen LogP contribution in [0.4, 0.5) is 5.69 Å². The SMILES string of the molecule is CC(C)(C)c1ccc(S(=O)(=O)N2CC[NH+](CC(=O)Nc3ccccc3Cl)CC2)cc1. The monoisotopic (exact) mass is 450 g/mol. The maximum atomic E-state index is 13.0. The van der Waals surface area contributed by atoms with Crippen LogP contribution in [-0.2, 0) is 20.2 Å². The van der Waals surface area contributed by atoms with Crippen LogP contribution in [0, 0.1) is 0 Å². The number of sulfonamides is 1. The molecule has 30 heavy (non-hydrogen) atoms. The van der Waals surface area contributed by atoms with Gasteiger partial charge >= 0.3 is 0 Å². The van der Waals surface area contributed by atoms with E-state index in [-0.39, 0.29) is 17.9 Å². The van der Waals surface area contributed by atoms with Gasteiger partial charge in [0.05, 0.1) is 41.8 Å². The highest BCUT2D eigenvalue weighted by molar-refractivity contribution is 7.89. The fourth-order valence-electron chi connectivity index (χ4n) is 3.48. The Morgan fingerprint density at radius 2 is 1.67 bits per heavy atom. The number of hydrogen-bond donors (Lipinski definition) is 2. The molecule has 0 aromatic heterocycles. The molecule has 1 heterocycles. The molecule has 0 atom stereocenters. The zero-order chi connectivity index (χ0) is 21.9. The third-order valence-electron chi connectivity index (χ3n) is 5.35. The molecule has 0 saturated carbocycles. The van der Waals surface area contributed by atoms with E-state index in [4.69, 9.17) is 11.6 Å². The van der Waals surface area contributed by atoms with Gasteiger partial charge in [0.2, 0.25) is 10.0 Å². The number of nitrogens with zero attached hydrogens (tertiary/aromatic N) is 1. The summed E-state index contributed by atoms with van der Waals surface area (Å²) in [4.78, 5) is 13.7. The molecule has 1 fully saturated rings. The summed E-state index contributed by atoms with van der Waals surface area (Å²) >= 11 is 6.08.